The number of likely N-dealkylation sites (tertiary alicyclic amines) is 2. The van der Waals surface area contributed by atoms with Gasteiger partial charge in [-0.1, -0.05) is 24.3 Å². The number of carbonyl (C=O) groups is 1. The average Bonchev–Trinajstić information content (AvgIpc) is 3.56. The predicted molar refractivity (Wildman–Crippen MR) is 122 cm³/mol. The van der Waals surface area contributed by atoms with Gasteiger partial charge in [0.05, 0.1) is 12.3 Å². The van der Waals surface area contributed by atoms with E-state index in [1.165, 1.54) is 24.0 Å². The van der Waals surface area contributed by atoms with Crippen LogP contribution in [0.5, 0.6) is 0 Å². The molecule has 3 heterocycles. The van der Waals surface area contributed by atoms with E-state index in [1.807, 2.05) is 23.1 Å². The summed E-state index contributed by atoms with van der Waals surface area (Å²) in [6.45, 7) is 5.13. The SMILES string of the molecule is CN=C(NCc1ccccc1CN1CCCC1=O)NCC(c1ccco1)N1CCCC1. The zero-order valence-electron chi connectivity index (χ0n) is 18.3. The molecule has 4 rings (SSSR count). The molecule has 1 unspecified atom stereocenters. The number of nitrogens with one attached hydrogen (secondary N) is 2. The monoisotopic (exact) mass is 423 g/mol. The Kier molecular flexibility index (Phi) is 7.25. The van der Waals surface area contributed by atoms with Crippen LogP contribution in [0.15, 0.2) is 52.1 Å². The highest BCUT2D eigenvalue weighted by atomic mass is 16.3. The zero-order chi connectivity index (χ0) is 21.5. The van der Waals surface area contributed by atoms with Crippen molar-refractivity contribution >= 4 is 11.9 Å². The summed E-state index contributed by atoms with van der Waals surface area (Å²) >= 11 is 0. The van der Waals surface area contributed by atoms with Crippen LogP contribution in [-0.2, 0) is 17.9 Å². The van der Waals surface area contributed by atoms with Crippen LogP contribution in [0.2, 0.25) is 0 Å². The molecule has 1 aromatic carbocycles. The third-order valence-electron chi connectivity index (χ3n) is 6.24. The Labute approximate surface area is 184 Å². The maximum absolute atomic E-state index is 12.0. The highest BCUT2D eigenvalue weighted by molar-refractivity contribution is 5.80. The molecule has 0 aliphatic carbocycles. The smallest absolute Gasteiger partial charge is 0.222 e. The van der Waals surface area contributed by atoms with Crippen LogP contribution in [-0.4, -0.2) is 54.9 Å². The van der Waals surface area contributed by atoms with E-state index in [-0.39, 0.29) is 11.9 Å². The summed E-state index contributed by atoms with van der Waals surface area (Å²) in [5.41, 5.74) is 2.37. The van der Waals surface area contributed by atoms with Gasteiger partial charge in [-0.25, -0.2) is 0 Å². The van der Waals surface area contributed by atoms with E-state index in [2.05, 4.69) is 38.7 Å². The summed E-state index contributed by atoms with van der Waals surface area (Å²) in [5.74, 6) is 2.01. The lowest BCUT2D eigenvalue weighted by molar-refractivity contribution is -0.128. The number of rotatable bonds is 8. The molecule has 7 heteroatoms. The van der Waals surface area contributed by atoms with Crippen molar-refractivity contribution in [2.75, 3.05) is 33.2 Å². The highest BCUT2D eigenvalue weighted by Crippen LogP contribution is 2.25. The normalized spacial score (nSPS) is 18.5. The Morgan fingerprint density at radius 1 is 1.06 bits per heavy atom. The molecule has 7 nitrogen and oxygen atoms in total. The van der Waals surface area contributed by atoms with E-state index >= 15 is 0 Å². The fraction of sp³-hybridized carbons (Fsp3) is 0.500. The first-order chi connectivity index (χ1) is 15.2. The van der Waals surface area contributed by atoms with E-state index in [0.29, 0.717) is 19.5 Å². The van der Waals surface area contributed by atoms with Crippen molar-refractivity contribution in [3.05, 3.63) is 59.5 Å². The maximum Gasteiger partial charge on any atom is 0.222 e. The molecule has 2 fully saturated rings. The summed E-state index contributed by atoms with van der Waals surface area (Å²) in [5, 5.41) is 6.92. The minimum atomic E-state index is 0.199. The molecule has 2 aromatic rings. The molecule has 2 aliphatic rings. The Morgan fingerprint density at radius 3 is 2.55 bits per heavy atom. The predicted octanol–water partition coefficient (Wildman–Crippen LogP) is 2.90. The van der Waals surface area contributed by atoms with Crippen LogP contribution in [0, 0.1) is 0 Å². The summed E-state index contributed by atoms with van der Waals surface area (Å²) in [4.78, 5) is 20.9. The highest BCUT2D eigenvalue weighted by Gasteiger charge is 2.26. The molecule has 0 radical (unpaired) electrons. The van der Waals surface area contributed by atoms with Crippen LogP contribution < -0.4 is 10.6 Å². The molecule has 166 valence electrons. The third-order valence-corrected chi connectivity index (χ3v) is 6.24. The first-order valence-electron chi connectivity index (χ1n) is 11.3. The van der Waals surface area contributed by atoms with Crippen LogP contribution in [0.1, 0.15) is 48.6 Å². The number of hydrogen-bond acceptors (Lipinski definition) is 4. The Bertz CT molecular complexity index is 874. The molecule has 1 atom stereocenters. The quantitative estimate of drug-likeness (QED) is 0.505. The minimum absolute atomic E-state index is 0.199. The van der Waals surface area contributed by atoms with Gasteiger partial charge < -0.3 is 20.0 Å². The molecule has 1 aromatic heterocycles. The number of nitrogens with zero attached hydrogens (tertiary/aromatic N) is 3. The minimum Gasteiger partial charge on any atom is -0.468 e. The maximum atomic E-state index is 12.0. The lowest BCUT2D eigenvalue weighted by Gasteiger charge is -2.27. The lowest BCUT2D eigenvalue weighted by Crippen LogP contribution is -2.42. The summed E-state index contributed by atoms with van der Waals surface area (Å²) in [7, 11) is 1.79. The van der Waals surface area contributed by atoms with Crippen LogP contribution in [0.3, 0.4) is 0 Å². The van der Waals surface area contributed by atoms with E-state index in [9.17, 15) is 4.79 Å². The molecule has 2 saturated heterocycles. The third kappa shape index (κ3) is 5.47. The fourth-order valence-corrected chi connectivity index (χ4v) is 4.50. The van der Waals surface area contributed by atoms with Gasteiger partial charge in [-0.3, -0.25) is 14.7 Å². The first kappa shape index (κ1) is 21.4. The molecular weight excluding hydrogens is 390 g/mol. The van der Waals surface area contributed by atoms with Crippen molar-refractivity contribution in [2.24, 2.45) is 4.99 Å². The number of carbonyl (C=O) groups excluding carboxylic acids is 1. The topological polar surface area (TPSA) is 73.1 Å². The lowest BCUT2D eigenvalue weighted by atomic mass is 10.1. The molecule has 1 amide bonds. The standard InChI is InChI=1S/C24H33N5O2/c1-25-24(27-17-21(22-10-7-15-31-22)28-12-4-5-13-28)26-16-19-8-2-3-9-20(19)18-29-14-6-11-23(29)30/h2-3,7-10,15,21H,4-6,11-14,16-18H2,1H3,(H2,25,26,27). The number of guanidine groups is 1. The van der Waals surface area contributed by atoms with Crippen molar-refractivity contribution in [3.63, 3.8) is 0 Å². The van der Waals surface area contributed by atoms with Crippen LogP contribution in [0.25, 0.3) is 0 Å². The Morgan fingerprint density at radius 2 is 1.87 bits per heavy atom. The first-order valence-corrected chi connectivity index (χ1v) is 11.3. The number of furan rings is 1. The molecule has 31 heavy (non-hydrogen) atoms. The van der Waals surface area contributed by atoms with Crippen molar-refractivity contribution in [1.29, 1.82) is 0 Å². The summed E-state index contributed by atoms with van der Waals surface area (Å²) in [6, 6.07) is 12.5. The molecular formula is C24H33N5O2. The van der Waals surface area contributed by atoms with Gasteiger partial charge in [0.15, 0.2) is 5.96 Å². The number of benzene rings is 1. The van der Waals surface area contributed by atoms with Gasteiger partial charge in [0.1, 0.15) is 5.76 Å². The van der Waals surface area contributed by atoms with E-state index in [0.717, 1.165) is 44.3 Å². The van der Waals surface area contributed by atoms with E-state index in [4.69, 9.17) is 4.42 Å². The van der Waals surface area contributed by atoms with E-state index in [1.54, 1.807) is 13.3 Å². The van der Waals surface area contributed by atoms with Crippen molar-refractivity contribution in [1.82, 2.24) is 20.4 Å². The molecule has 0 bridgehead atoms. The number of aliphatic imine (C=N–C) groups is 1. The van der Waals surface area contributed by atoms with Gasteiger partial charge in [0.2, 0.25) is 5.91 Å². The van der Waals surface area contributed by atoms with Crippen LogP contribution >= 0.6 is 0 Å². The van der Waals surface area contributed by atoms with Crippen LogP contribution in [0.4, 0.5) is 0 Å². The molecule has 0 saturated carbocycles. The van der Waals surface area contributed by atoms with Gasteiger partial charge in [-0.05, 0) is 55.6 Å². The average molecular weight is 424 g/mol. The number of hydrogen-bond donors (Lipinski definition) is 2. The van der Waals surface area contributed by atoms with Crippen molar-refractivity contribution in [2.45, 2.75) is 44.8 Å². The fourth-order valence-electron chi connectivity index (χ4n) is 4.50. The van der Waals surface area contributed by atoms with Gasteiger partial charge in [0, 0.05) is 39.6 Å². The second-order valence-corrected chi connectivity index (χ2v) is 8.27. The molecule has 0 spiro atoms. The second kappa shape index (κ2) is 10.5. The zero-order valence-corrected chi connectivity index (χ0v) is 18.3. The van der Waals surface area contributed by atoms with Gasteiger partial charge in [-0.15, -0.1) is 0 Å². The number of amides is 1. The Balaban J connectivity index is 1.35. The van der Waals surface area contributed by atoms with Gasteiger partial charge in [0.25, 0.3) is 0 Å². The Hall–Kier alpha value is -2.80. The van der Waals surface area contributed by atoms with Crippen molar-refractivity contribution < 1.29 is 9.21 Å². The molecule has 2 N–H and O–H groups in total. The summed E-state index contributed by atoms with van der Waals surface area (Å²) in [6.07, 6.45) is 5.85. The van der Waals surface area contributed by atoms with Gasteiger partial charge >= 0.3 is 0 Å². The van der Waals surface area contributed by atoms with Gasteiger partial charge in [-0.2, -0.15) is 0 Å². The second-order valence-electron chi connectivity index (χ2n) is 8.27. The van der Waals surface area contributed by atoms with E-state index < -0.39 is 0 Å². The summed E-state index contributed by atoms with van der Waals surface area (Å²) < 4.78 is 5.72. The molecule has 2 aliphatic heterocycles. The van der Waals surface area contributed by atoms with Crippen molar-refractivity contribution in [3.8, 4) is 0 Å². The largest absolute Gasteiger partial charge is 0.468 e.